The van der Waals surface area contributed by atoms with Crippen molar-refractivity contribution in [1.29, 1.82) is 0 Å². The maximum atomic E-state index is 6.32. The van der Waals surface area contributed by atoms with E-state index in [0.29, 0.717) is 17.5 Å². The van der Waals surface area contributed by atoms with Gasteiger partial charge in [0.2, 0.25) is 0 Å². The molecule has 0 radical (unpaired) electrons. The Hall–Kier alpha value is -7.17. The normalized spacial score (nSPS) is 11.8. The molecule has 0 saturated carbocycles. The molecular weight excluding hydrogens is 647 g/mol. The van der Waals surface area contributed by atoms with Crippen molar-refractivity contribution in [2.24, 2.45) is 0 Å². The van der Waals surface area contributed by atoms with Gasteiger partial charge in [-0.1, -0.05) is 152 Å². The van der Waals surface area contributed by atoms with E-state index >= 15 is 0 Å². The van der Waals surface area contributed by atoms with Crippen molar-refractivity contribution in [2.75, 3.05) is 0 Å². The lowest BCUT2D eigenvalue weighted by atomic mass is 9.92. The van der Waals surface area contributed by atoms with Crippen LogP contribution < -0.4 is 0 Å². The Morgan fingerprint density at radius 3 is 1.77 bits per heavy atom. The molecule has 11 aromatic rings. The van der Waals surface area contributed by atoms with E-state index in [2.05, 4.69) is 158 Å². The van der Waals surface area contributed by atoms with Crippen LogP contribution in [-0.2, 0) is 0 Å². The summed E-state index contributed by atoms with van der Waals surface area (Å²) in [6, 6.07) is 61.6. The third kappa shape index (κ3) is 4.73. The van der Waals surface area contributed by atoms with E-state index in [1.165, 1.54) is 26.9 Å². The summed E-state index contributed by atoms with van der Waals surface area (Å²) in [6.07, 6.45) is 0. The number of furan rings is 1. The molecule has 4 nitrogen and oxygen atoms in total. The average molecular weight is 676 g/mol. The molecule has 0 unspecified atom stereocenters. The van der Waals surface area contributed by atoms with Gasteiger partial charge in [0.15, 0.2) is 17.5 Å². The topological polar surface area (TPSA) is 51.8 Å². The van der Waals surface area contributed by atoms with Gasteiger partial charge in [0, 0.05) is 32.8 Å². The van der Waals surface area contributed by atoms with Crippen LogP contribution in [0, 0.1) is 0 Å². The maximum absolute atomic E-state index is 6.32. The van der Waals surface area contributed by atoms with Gasteiger partial charge in [-0.25, -0.2) is 15.0 Å². The first-order chi connectivity index (χ1) is 26.3. The summed E-state index contributed by atoms with van der Waals surface area (Å²) in [5, 5.41) is 11.4. The van der Waals surface area contributed by atoms with Gasteiger partial charge in [-0.05, 0) is 73.1 Å². The average Bonchev–Trinajstić information content (AvgIpc) is 3.62. The van der Waals surface area contributed by atoms with E-state index in [1.54, 1.807) is 0 Å². The highest BCUT2D eigenvalue weighted by molar-refractivity contribution is 6.22. The lowest BCUT2D eigenvalue weighted by molar-refractivity contribution is 0.669. The molecule has 2 aromatic heterocycles. The molecule has 0 aliphatic rings. The van der Waals surface area contributed by atoms with Crippen LogP contribution in [0.3, 0.4) is 0 Å². The second-order valence-corrected chi connectivity index (χ2v) is 13.5. The lowest BCUT2D eigenvalue weighted by Crippen LogP contribution is -2.02. The van der Waals surface area contributed by atoms with Crippen molar-refractivity contribution in [3.05, 3.63) is 176 Å². The monoisotopic (exact) mass is 675 g/mol. The van der Waals surface area contributed by atoms with E-state index in [4.69, 9.17) is 19.4 Å². The number of nitrogens with zero attached hydrogens (tertiary/aromatic N) is 3. The summed E-state index contributed by atoms with van der Waals surface area (Å²) in [6.45, 7) is 0. The van der Waals surface area contributed by atoms with Crippen molar-refractivity contribution < 1.29 is 4.42 Å². The molecule has 2 heterocycles. The molecule has 0 aliphatic carbocycles. The summed E-state index contributed by atoms with van der Waals surface area (Å²) in [4.78, 5) is 16.0. The van der Waals surface area contributed by atoms with Gasteiger partial charge >= 0.3 is 0 Å². The zero-order valence-corrected chi connectivity index (χ0v) is 28.5. The number of fused-ring (bicyclic) bond motifs is 9. The third-order valence-electron chi connectivity index (χ3n) is 10.5. The first-order valence-electron chi connectivity index (χ1n) is 17.9. The summed E-state index contributed by atoms with van der Waals surface area (Å²) >= 11 is 0. The highest BCUT2D eigenvalue weighted by atomic mass is 16.3. The minimum absolute atomic E-state index is 0.611. The smallest absolute Gasteiger partial charge is 0.164 e. The second kappa shape index (κ2) is 11.7. The first-order valence-corrected chi connectivity index (χ1v) is 17.9. The summed E-state index contributed by atoms with van der Waals surface area (Å²) in [5.74, 6) is 1.87. The number of aromatic nitrogens is 3. The molecule has 0 spiro atoms. The lowest BCUT2D eigenvalue weighted by Gasteiger charge is -2.15. The van der Waals surface area contributed by atoms with E-state index in [-0.39, 0.29) is 0 Å². The Morgan fingerprint density at radius 2 is 0.906 bits per heavy atom. The van der Waals surface area contributed by atoms with Crippen molar-refractivity contribution in [2.45, 2.75) is 0 Å². The SMILES string of the molecule is c1ccc(-c2cccc3oc4ccccc4c23)c(-c2nc(-c3ccc4ccccc4c3)nc(-c3cc4ccccc4c4ccc5ccccc5c34)n2)c1. The van der Waals surface area contributed by atoms with Crippen LogP contribution >= 0.6 is 0 Å². The molecule has 0 atom stereocenters. The summed E-state index contributed by atoms with van der Waals surface area (Å²) in [7, 11) is 0. The van der Waals surface area contributed by atoms with Crippen LogP contribution in [-0.4, -0.2) is 15.0 Å². The minimum atomic E-state index is 0.611. The van der Waals surface area contributed by atoms with E-state index in [0.717, 1.165) is 65.9 Å². The third-order valence-corrected chi connectivity index (χ3v) is 10.5. The van der Waals surface area contributed by atoms with Crippen LogP contribution in [0.25, 0.3) is 110 Å². The number of rotatable bonds is 4. The molecule has 53 heavy (non-hydrogen) atoms. The molecule has 0 N–H and O–H groups in total. The fourth-order valence-corrected chi connectivity index (χ4v) is 8.04. The van der Waals surface area contributed by atoms with Crippen LogP contribution in [0.4, 0.5) is 0 Å². The fourth-order valence-electron chi connectivity index (χ4n) is 8.04. The first kappa shape index (κ1) is 29.5. The van der Waals surface area contributed by atoms with Gasteiger partial charge in [-0.2, -0.15) is 0 Å². The summed E-state index contributed by atoms with van der Waals surface area (Å²) < 4.78 is 6.32. The van der Waals surface area contributed by atoms with Crippen molar-refractivity contribution >= 4 is 65.0 Å². The highest BCUT2D eigenvalue weighted by Gasteiger charge is 2.21. The van der Waals surface area contributed by atoms with Gasteiger partial charge in [0.1, 0.15) is 11.2 Å². The van der Waals surface area contributed by atoms with Crippen LogP contribution in [0.15, 0.2) is 180 Å². The number of hydrogen-bond acceptors (Lipinski definition) is 4. The molecule has 11 rings (SSSR count). The molecule has 0 amide bonds. The molecule has 0 saturated heterocycles. The Bertz CT molecular complexity index is 3250. The Kier molecular flexibility index (Phi) is 6.52. The molecular formula is C49H29N3O. The molecule has 0 fully saturated rings. The van der Waals surface area contributed by atoms with Gasteiger partial charge in [-0.15, -0.1) is 0 Å². The van der Waals surface area contributed by atoms with Crippen LogP contribution in [0.5, 0.6) is 0 Å². The minimum Gasteiger partial charge on any atom is -0.456 e. The Morgan fingerprint density at radius 1 is 0.302 bits per heavy atom. The Balaban J connectivity index is 1.23. The summed E-state index contributed by atoms with van der Waals surface area (Å²) in [5.41, 5.74) is 6.64. The van der Waals surface area contributed by atoms with Gasteiger partial charge in [-0.3, -0.25) is 0 Å². The standard InChI is InChI=1S/C49H29N3O/c1-2-14-32-28-34(25-24-30(32)12-1)47-50-48(40-19-8-7-18-37(40)38-21-11-23-44-46(38)41-20-9-10-22-43(41)53-44)52-49(51-47)42-29-33-15-4-5-16-35(33)39-27-26-31-13-3-6-17-36(31)45(39)42/h1-29H. The van der Waals surface area contributed by atoms with E-state index in [1.807, 2.05) is 18.2 Å². The molecule has 4 heteroatoms. The van der Waals surface area contributed by atoms with Gasteiger partial charge < -0.3 is 4.42 Å². The zero-order valence-electron chi connectivity index (χ0n) is 28.5. The predicted molar refractivity (Wildman–Crippen MR) is 219 cm³/mol. The fraction of sp³-hybridized carbons (Fsp3) is 0. The second-order valence-electron chi connectivity index (χ2n) is 13.5. The Labute approximate surface area is 304 Å². The number of hydrogen-bond donors (Lipinski definition) is 0. The van der Waals surface area contributed by atoms with Gasteiger partial charge in [0.25, 0.3) is 0 Å². The molecule has 9 aromatic carbocycles. The molecule has 0 bridgehead atoms. The van der Waals surface area contributed by atoms with Gasteiger partial charge in [0.05, 0.1) is 0 Å². The molecule has 0 aliphatic heterocycles. The van der Waals surface area contributed by atoms with E-state index in [9.17, 15) is 0 Å². The van der Waals surface area contributed by atoms with Crippen molar-refractivity contribution in [3.8, 4) is 45.3 Å². The quantitative estimate of drug-likeness (QED) is 0.174. The zero-order chi connectivity index (χ0) is 34.9. The predicted octanol–water partition coefficient (Wildman–Crippen LogP) is 13.1. The van der Waals surface area contributed by atoms with Crippen LogP contribution in [0.1, 0.15) is 0 Å². The number of para-hydroxylation sites is 1. The van der Waals surface area contributed by atoms with Crippen LogP contribution in [0.2, 0.25) is 0 Å². The molecule has 246 valence electrons. The van der Waals surface area contributed by atoms with Crippen molar-refractivity contribution in [3.63, 3.8) is 0 Å². The van der Waals surface area contributed by atoms with E-state index < -0.39 is 0 Å². The number of benzene rings is 9. The largest absolute Gasteiger partial charge is 0.456 e. The highest BCUT2D eigenvalue weighted by Crippen LogP contribution is 2.42. The maximum Gasteiger partial charge on any atom is 0.164 e. The van der Waals surface area contributed by atoms with Crippen molar-refractivity contribution in [1.82, 2.24) is 15.0 Å².